The number of hydrogen-bond donors (Lipinski definition) is 0. The summed E-state index contributed by atoms with van der Waals surface area (Å²) in [5.74, 6) is 0.197. The van der Waals surface area contributed by atoms with Gasteiger partial charge in [-0.3, -0.25) is 9.69 Å². The van der Waals surface area contributed by atoms with E-state index >= 15 is 0 Å². The van der Waals surface area contributed by atoms with Gasteiger partial charge in [-0.15, -0.1) is 6.58 Å². The number of carbonyl (C=O) groups is 1. The number of hydrogen-bond acceptors (Lipinski definition) is 2. The molecule has 0 N–H and O–H groups in total. The highest BCUT2D eigenvalue weighted by atomic mass is 16.2. The lowest BCUT2D eigenvalue weighted by Gasteiger charge is -2.46. The minimum absolute atomic E-state index is 0.185. The second-order valence-electron chi connectivity index (χ2n) is 6.71. The van der Waals surface area contributed by atoms with Crippen molar-refractivity contribution in [2.45, 2.75) is 38.1 Å². The lowest BCUT2D eigenvalue weighted by atomic mass is 9.86. The van der Waals surface area contributed by atoms with Crippen LogP contribution in [0.1, 0.15) is 41.6 Å². The van der Waals surface area contributed by atoms with E-state index in [2.05, 4.69) is 16.4 Å². The number of likely N-dealkylation sites (tertiary alicyclic amines) is 2. The average molecular weight is 298 g/mol. The van der Waals surface area contributed by atoms with Gasteiger partial charge in [-0.1, -0.05) is 24.3 Å². The lowest BCUT2D eigenvalue weighted by Crippen LogP contribution is -2.56. The molecule has 22 heavy (non-hydrogen) atoms. The first-order chi connectivity index (χ1) is 10.7. The van der Waals surface area contributed by atoms with E-state index in [1.165, 1.54) is 19.3 Å². The predicted octanol–water partition coefficient (Wildman–Crippen LogP) is 3.25. The van der Waals surface area contributed by atoms with Crippen LogP contribution in [0.25, 0.3) is 0 Å². The standard InChI is InChI=1S/C19H26N2O/c1-3-12-21-14-7-11-19(21)10-6-13-20(15-19)18(22)17-9-5-4-8-16(17)2/h3-5,8-9H,1,6-7,10-15H2,2H3/t19-/m0/s1. The molecule has 2 fully saturated rings. The molecule has 3 heteroatoms. The molecule has 2 saturated heterocycles. The van der Waals surface area contributed by atoms with Gasteiger partial charge in [-0.05, 0) is 50.8 Å². The molecule has 1 aromatic rings. The van der Waals surface area contributed by atoms with E-state index < -0.39 is 0 Å². The highest BCUT2D eigenvalue weighted by molar-refractivity contribution is 5.95. The van der Waals surface area contributed by atoms with E-state index in [4.69, 9.17) is 0 Å². The first kappa shape index (κ1) is 15.3. The fourth-order valence-electron chi connectivity index (χ4n) is 4.17. The Hall–Kier alpha value is -1.61. The first-order valence-electron chi connectivity index (χ1n) is 8.37. The van der Waals surface area contributed by atoms with Crippen molar-refractivity contribution in [2.24, 2.45) is 0 Å². The molecule has 0 aliphatic carbocycles. The highest BCUT2D eigenvalue weighted by Gasteiger charge is 2.44. The second kappa shape index (κ2) is 6.25. The van der Waals surface area contributed by atoms with Crippen LogP contribution >= 0.6 is 0 Å². The average Bonchev–Trinajstić information content (AvgIpc) is 2.90. The molecule has 118 valence electrons. The fourth-order valence-corrected chi connectivity index (χ4v) is 4.17. The molecule has 0 aromatic heterocycles. The Morgan fingerprint density at radius 1 is 1.27 bits per heavy atom. The van der Waals surface area contributed by atoms with Crippen molar-refractivity contribution in [3.63, 3.8) is 0 Å². The summed E-state index contributed by atoms with van der Waals surface area (Å²) >= 11 is 0. The Morgan fingerprint density at radius 2 is 2.00 bits per heavy atom. The van der Waals surface area contributed by atoms with E-state index in [-0.39, 0.29) is 11.4 Å². The Bertz CT molecular complexity index is 568. The Balaban J connectivity index is 1.80. The van der Waals surface area contributed by atoms with Crippen LogP contribution in [-0.4, -0.2) is 47.4 Å². The van der Waals surface area contributed by atoms with Gasteiger partial charge in [0.2, 0.25) is 0 Å². The van der Waals surface area contributed by atoms with Crippen molar-refractivity contribution in [1.29, 1.82) is 0 Å². The number of nitrogens with zero attached hydrogens (tertiary/aromatic N) is 2. The van der Waals surface area contributed by atoms with Crippen molar-refractivity contribution >= 4 is 5.91 Å². The van der Waals surface area contributed by atoms with Crippen LogP contribution < -0.4 is 0 Å². The van der Waals surface area contributed by atoms with Gasteiger partial charge >= 0.3 is 0 Å². The Labute approximate surface area is 133 Å². The highest BCUT2D eigenvalue weighted by Crippen LogP contribution is 2.37. The molecule has 3 rings (SSSR count). The molecule has 1 atom stereocenters. The van der Waals surface area contributed by atoms with Gasteiger partial charge in [0, 0.05) is 30.7 Å². The third-order valence-corrected chi connectivity index (χ3v) is 5.31. The number of carbonyl (C=O) groups excluding carboxylic acids is 1. The molecule has 0 radical (unpaired) electrons. The maximum Gasteiger partial charge on any atom is 0.254 e. The summed E-state index contributed by atoms with van der Waals surface area (Å²) in [6, 6.07) is 7.92. The van der Waals surface area contributed by atoms with Crippen LogP contribution in [0.3, 0.4) is 0 Å². The van der Waals surface area contributed by atoms with Crippen LogP contribution in [0.4, 0.5) is 0 Å². The number of piperidine rings is 1. The van der Waals surface area contributed by atoms with Gasteiger partial charge in [-0.2, -0.15) is 0 Å². The zero-order chi connectivity index (χ0) is 15.6. The molecule has 2 aliphatic rings. The van der Waals surface area contributed by atoms with Crippen LogP contribution in [-0.2, 0) is 0 Å². The summed E-state index contributed by atoms with van der Waals surface area (Å²) < 4.78 is 0. The van der Waals surface area contributed by atoms with Gasteiger partial charge in [0.25, 0.3) is 5.91 Å². The summed E-state index contributed by atoms with van der Waals surface area (Å²) in [5, 5.41) is 0. The maximum absolute atomic E-state index is 12.9. The summed E-state index contributed by atoms with van der Waals surface area (Å²) in [5.41, 5.74) is 2.11. The first-order valence-corrected chi connectivity index (χ1v) is 8.37. The van der Waals surface area contributed by atoms with E-state index in [0.29, 0.717) is 0 Å². The number of rotatable bonds is 3. The third kappa shape index (κ3) is 2.70. The van der Waals surface area contributed by atoms with Gasteiger partial charge in [0.1, 0.15) is 0 Å². The molecular weight excluding hydrogens is 272 g/mol. The van der Waals surface area contributed by atoms with E-state index in [9.17, 15) is 4.79 Å². The molecule has 2 aliphatic heterocycles. The molecule has 3 nitrogen and oxygen atoms in total. The largest absolute Gasteiger partial charge is 0.337 e. The zero-order valence-electron chi connectivity index (χ0n) is 13.6. The van der Waals surface area contributed by atoms with Gasteiger partial charge in [0.15, 0.2) is 0 Å². The Morgan fingerprint density at radius 3 is 2.73 bits per heavy atom. The molecule has 0 saturated carbocycles. The minimum Gasteiger partial charge on any atom is -0.337 e. The normalized spacial score (nSPS) is 25.6. The van der Waals surface area contributed by atoms with Crippen LogP contribution in [0, 0.1) is 6.92 Å². The SMILES string of the molecule is C=CCN1CCC[C@]12CCCN(C(=O)c1ccccc1C)C2. The molecule has 0 unspecified atom stereocenters. The van der Waals surface area contributed by atoms with Gasteiger partial charge in [0.05, 0.1) is 0 Å². The van der Waals surface area contributed by atoms with Crippen LogP contribution in [0.15, 0.2) is 36.9 Å². The smallest absolute Gasteiger partial charge is 0.254 e. The molecule has 1 amide bonds. The summed E-state index contributed by atoms with van der Waals surface area (Å²) in [7, 11) is 0. The second-order valence-corrected chi connectivity index (χ2v) is 6.71. The van der Waals surface area contributed by atoms with Crippen molar-refractivity contribution in [3.8, 4) is 0 Å². The summed E-state index contributed by atoms with van der Waals surface area (Å²) in [6.07, 6.45) is 6.75. The monoisotopic (exact) mass is 298 g/mol. The van der Waals surface area contributed by atoms with E-state index in [1.807, 2.05) is 37.3 Å². The lowest BCUT2D eigenvalue weighted by molar-refractivity contribution is 0.0366. The molecule has 1 aromatic carbocycles. The maximum atomic E-state index is 12.9. The topological polar surface area (TPSA) is 23.6 Å². The van der Waals surface area contributed by atoms with E-state index in [0.717, 1.165) is 43.7 Å². The molecule has 0 bridgehead atoms. The summed E-state index contributed by atoms with van der Waals surface area (Å²) in [4.78, 5) is 17.5. The Kier molecular flexibility index (Phi) is 4.34. The number of benzene rings is 1. The predicted molar refractivity (Wildman–Crippen MR) is 90.1 cm³/mol. The number of amides is 1. The van der Waals surface area contributed by atoms with Crippen molar-refractivity contribution < 1.29 is 4.79 Å². The zero-order valence-corrected chi connectivity index (χ0v) is 13.6. The molecule has 1 spiro atoms. The minimum atomic E-state index is 0.185. The quantitative estimate of drug-likeness (QED) is 0.800. The van der Waals surface area contributed by atoms with Gasteiger partial charge < -0.3 is 4.90 Å². The van der Waals surface area contributed by atoms with Gasteiger partial charge in [-0.25, -0.2) is 0 Å². The number of aryl methyl sites for hydroxylation is 1. The summed E-state index contributed by atoms with van der Waals surface area (Å²) in [6.45, 7) is 9.74. The molecule has 2 heterocycles. The van der Waals surface area contributed by atoms with Crippen molar-refractivity contribution in [3.05, 3.63) is 48.0 Å². The van der Waals surface area contributed by atoms with Crippen molar-refractivity contribution in [2.75, 3.05) is 26.2 Å². The third-order valence-electron chi connectivity index (χ3n) is 5.31. The fraction of sp³-hybridized carbons (Fsp3) is 0.526. The van der Waals surface area contributed by atoms with Crippen LogP contribution in [0.2, 0.25) is 0 Å². The van der Waals surface area contributed by atoms with E-state index in [1.54, 1.807) is 0 Å². The van der Waals surface area contributed by atoms with Crippen LogP contribution in [0.5, 0.6) is 0 Å². The molecular formula is C19H26N2O. The van der Waals surface area contributed by atoms with Crippen molar-refractivity contribution in [1.82, 2.24) is 9.80 Å².